The summed E-state index contributed by atoms with van der Waals surface area (Å²) < 4.78 is 30.6. The van der Waals surface area contributed by atoms with Crippen LogP contribution in [0.5, 0.6) is 0 Å². The van der Waals surface area contributed by atoms with Crippen LogP contribution in [0.2, 0.25) is 0 Å². The standard InChI is InChI=1S/C8H3BrF2N2O2/c9-4-2-5(10)3(1-6(4)11)7-12-8(14)15-13-7/h1-2H,(H,12,13,14). The highest BCUT2D eigenvalue weighted by molar-refractivity contribution is 9.10. The molecule has 0 aliphatic heterocycles. The van der Waals surface area contributed by atoms with Gasteiger partial charge in [-0.15, -0.1) is 0 Å². The van der Waals surface area contributed by atoms with E-state index in [1.807, 2.05) is 0 Å². The van der Waals surface area contributed by atoms with Gasteiger partial charge in [-0.1, -0.05) is 5.16 Å². The Bertz CT molecular complexity index is 564. The lowest BCUT2D eigenvalue weighted by atomic mass is 10.2. The van der Waals surface area contributed by atoms with Crippen LogP contribution in [0.3, 0.4) is 0 Å². The van der Waals surface area contributed by atoms with Crippen LogP contribution in [-0.2, 0) is 0 Å². The summed E-state index contributed by atoms with van der Waals surface area (Å²) in [6.07, 6.45) is 0. The minimum Gasteiger partial charge on any atom is -0.296 e. The smallest absolute Gasteiger partial charge is 0.296 e. The average Bonchev–Trinajstić information content (AvgIpc) is 2.58. The lowest BCUT2D eigenvalue weighted by molar-refractivity contribution is 0.387. The van der Waals surface area contributed by atoms with Gasteiger partial charge in [0, 0.05) is 0 Å². The Labute approximate surface area is 90.0 Å². The van der Waals surface area contributed by atoms with E-state index in [2.05, 4.69) is 30.6 Å². The molecule has 0 unspecified atom stereocenters. The molecule has 0 aliphatic rings. The molecule has 7 heteroatoms. The van der Waals surface area contributed by atoms with E-state index < -0.39 is 17.4 Å². The van der Waals surface area contributed by atoms with Crippen LogP contribution < -0.4 is 5.76 Å². The molecule has 0 spiro atoms. The molecule has 0 atom stereocenters. The highest BCUT2D eigenvalue weighted by Crippen LogP contribution is 2.25. The molecule has 1 heterocycles. The molecule has 0 fully saturated rings. The summed E-state index contributed by atoms with van der Waals surface area (Å²) >= 11 is 2.83. The lowest BCUT2D eigenvalue weighted by Gasteiger charge is -1.99. The van der Waals surface area contributed by atoms with Crippen LogP contribution in [0.15, 0.2) is 25.9 Å². The molecular formula is C8H3BrF2N2O2. The van der Waals surface area contributed by atoms with Crippen LogP contribution in [0.4, 0.5) is 8.78 Å². The third kappa shape index (κ3) is 1.82. The highest BCUT2D eigenvalue weighted by Gasteiger charge is 2.13. The molecule has 78 valence electrons. The second kappa shape index (κ2) is 3.58. The van der Waals surface area contributed by atoms with Crippen LogP contribution in [0.1, 0.15) is 0 Å². The predicted octanol–water partition coefficient (Wildman–Crippen LogP) is 2.07. The van der Waals surface area contributed by atoms with Crippen molar-refractivity contribution in [2.45, 2.75) is 0 Å². The van der Waals surface area contributed by atoms with Crippen molar-refractivity contribution >= 4 is 15.9 Å². The molecule has 4 nitrogen and oxygen atoms in total. The summed E-state index contributed by atoms with van der Waals surface area (Å²) in [6, 6.07) is 1.85. The number of aromatic amines is 1. The van der Waals surface area contributed by atoms with Gasteiger partial charge in [-0.25, -0.2) is 13.6 Å². The van der Waals surface area contributed by atoms with Crippen LogP contribution >= 0.6 is 15.9 Å². The molecule has 15 heavy (non-hydrogen) atoms. The van der Waals surface area contributed by atoms with Crippen LogP contribution in [-0.4, -0.2) is 10.1 Å². The van der Waals surface area contributed by atoms with Gasteiger partial charge >= 0.3 is 5.76 Å². The Morgan fingerprint density at radius 1 is 1.33 bits per heavy atom. The zero-order valence-corrected chi connectivity index (χ0v) is 8.64. The summed E-state index contributed by atoms with van der Waals surface area (Å²) in [7, 11) is 0. The number of aromatic nitrogens is 2. The fourth-order valence-electron chi connectivity index (χ4n) is 1.05. The van der Waals surface area contributed by atoms with E-state index in [-0.39, 0.29) is 15.9 Å². The largest absolute Gasteiger partial charge is 0.439 e. The first-order chi connectivity index (χ1) is 7.08. The molecular weight excluding hydrogens is 274 g/mol. The minimum atomic E-state index is -0.826. The number of hydrogen-bond acceptors (Lipinski definition) is 3. The van der Waals surface area contributed by atoms with Gasteiger partial charge in [-0.05, 0) is 28.1 Å². The third-order valence-electron chi connectivity index (χ3n) is 1.71. The van der Waals surface area contributed by atoms with Crippen molar-refractivity contribution in [3.63, 3.8) is 0 Å². The topological polar surface area (TPSA) is 58.9 Å². The van der Waals surface area contributed by atoms with Gasteiger partial charge in [0.25, 0.3) is 0 Å². The van der Waals surface area contributed by atoms with Crippen LogP contribution in [0, 0.1) is 11.6 Å². The number of rotatable bonds is 1. The van der Waals surface area contributed by atoms with Gasteiger partial charge in [0.1, 0.15) is 11.6 Å². The first kappa shape index (κ1) is 10.0. The maximum absolute atomic E-state index is 13.3. The normalized spacial score (nSPS) is 10.6. The fraction of sp³-hybridized carbons (Fsp3) is 0. The van der Waals surface area contributed by atoms with Gasteiger partial charge in [-0.2, -0.15) is 0 Å². The Kier molecular flexibility index (Phi) is 2.39. The molecule has 0 aliphatic carbocycles. The van der Waals surface area contributed by atoms with E-state index in [4.69, 9.17) is 0 Å². The summed E-state index contributed by atoms with van der Waals surface area (Å²) in [6.45, 7) is 0. The highest BCUT2D eigenvalue weighted by atomic mass is 79.9. The van der Waals surface area contributed by atoms with Crippen molar-refractivity contribution in [3.8, 4) is 11.4 Å². The molecule has 2 aromatic rings. The first-order valence-corrected chi connectivity index (χ1v) is 4.58. The van der Waals surface area contributed by atoms with E-state index in [1.165, 1.54) is 0 Å². The van der Waals surface area contributed by atoms with Crippen molar-refractivity contribution in [1.29, 1.82) is 0 Å². The van der Waals surface area contributed by atoms with Crippen molar-refractivity contribution < 1.29 is 13.3 Å². The summed E-state index contributed by atoms with van der Waals surface area (Å²) in [5, 5.41) is 3.25. The maximum atomic E-state index is 13.3. The van der Waals surface area contributed by atoms with E-state index in [9.17, 15) is 13.6 Å². The Balaban J connectivity index is 2.63. The van der Waals surface area contributed by atoms with Gasteiger partial charge in [0.2, 0.25) is 0 Å². The number of hydrogen-bond donors (Lipinski definition) is 1. The molecule has 1 aromatic heterocycles. The van der Waals surface area contributed by atoms with Gasteiger partial charge in [-0.3, -0.25) is 9.51 Å². The van der Waals surface area contributed by atoms with E-state index in [0.717, 1.165) is 12.1 Å². The zero-order chi connectivity index (χ0) is 11.0. The Morgan fingerprint density at radius 2 is 2.07 bits per heavy atom. The van der Waals surface area contributed by atoms with Gasteiger partial charge in [0.15, 0.2) is 5.82 Å². The molecule has 1 N–H and O–H groups in total. The number of benzene rings is 1. The molecule has 0 radical (unpaired) electrons. The van der Waals surface area contributed by atoms with Crippen molar-refractivity contribution in [2.24, 2.45) is 0 Å². The molecule has 2 rings (SSSR count). The van der Waals surface area contributed by atoms with Crippen LogP contribution in [0.25, 0.3) is 11.4 Å². The Morgan fingerprint density at radius 3 is 2.67 bits per heavy atom. The average molecular weight is 277 g/mol. The zero-order valence-electron chi connectivity index (χ0n) is 7.05. The van der Waals surface area contributed by atoms with Crippen molar-refractivity contribution in [3.05, 3.63) is 38.8 Å². The summed E-state index contributed by atoms with van der Waals surface area (Å²) in [4.78, 5) is 12.7. The van der Waals surface area contributed by atoms with Crippen molar-refractivity contribution in [1.82, 2.24) is 10.1 Å². The summed E-state index contributed by atoms with van der Waals surface area (Å²) in [5.41, 5.74) is -0.165. The molecule has 0 saturated heterocycles. The molecule has 0 bridgehead atoms. The third-order valence-corrected chi connectivity index (χ3v) is 2.31. The number of H-pyrrole nitrogens is 1. The van der Waals surface area contributed by atoms with E-state index in [1.54, 1.807) is 0 Å². The number of nitrogens with zero attached hydrogens (tertiary/aromatic N) is 1. The Hall–Kier alpha value is -1.50. The van der Waals surface area contributed by atoms with Crippen molar-refractivity contribution in [2.75, 3.05) is 0 Å². The minimum absolute atomic E-state index is 0.00501. The maximum Gasteiger partial charge on any atom is 0.439 e. The molecule has 0 saturated carbocycles. The second-order valence-corrected chi connectivity index (χ2v) is 3.54. The fourth-order valence-corrected chi connectivity index (χ4v) is 1.37. The second-order valence-electron chi connectivity index (χ2n) is 2.69. The monoisotopic (exact) mass is 276 g/mol. The van der Waals surface area contributed by atoms with E-state index >= 15 is 0 Å². The SMILES string of the molecule is O=c1[nH]c(-c2cc(F)c(Br)cc2F)no1. The summed E-state index contributed by atoms with van der Waals surface area (Å²) in [5.74, 6) is -2.35. The lowest BCUT2D eigenvalue weighted by Crippen LogP contribution is -1.96. The molecule has 0 amide bonds. The van der Waals surface area contributed by atoms with E-state index in [0.29, 0.717) is 0 Å². The first-order valence-electron chi connectivity index (χ1n) is 3.79. The predicted molar refractivity (Wildman–Crippen MR) is 50.2 cm³/mol. The number of nitrogens with one attached hydrogen (secondary N) is 1. The quantitative estimate of drug-likeness (QED) is 0.812. The number of halogens is 3. The van der Waals surface area contributed by atoms with Gasteiger partial charge < -0.3 is 0 Å². The molecule has 1 aromatic carbocycles. The van der Waals surface area contributed by atoms with Gasteiger partial charge in [0.05, 0.1) is 10.0 Å².